The monoisotopic (exact) mass is 209 g/mol. The molecular formula is C11H19N3O. The molecule has 15 heavy (non-hydrogen) atoms. The second-order valence-electron chi connectivity index (χ2n) is 3.62. The van der Waals surface area contributed by atoms with Crippen LogP contribution >= 0.6 is 0 Å². The van der Waals surface area contributed by atoms with E-state index in [0.717, 1.165) is 18.8 Å². The molecule has 0 saturated carbocycles. The molecule has 1 rings (SSSR count). The van der Waals surface area contributed by atoms with Crippen LogP contribution in [0.25, 0.3) is 0 Å². The summed E-state index contributed by atoms with van der Waals surface area (Å²) in [6.07, 6.45) is 1.73. The van der Waals surface area contributed by atoms with Crippen molar-refractivity contribution in [3.05, 3.63) is 18.3 Å². The Balaban J connectivity index is 2.30. The molecule has 0 aromatic carbocycles. The Bertz CT molecular complexity index is 289. The molecule has 0 unspecified atom stereocenters. The molecule has 0 bridgehead atoms. The van der Waals surface area contributed by atoms with Crippen LogP contribution in [-0.4, -0.2) is 31.2 Å². The maximum Gasteiger partial charge on any atom is 0.214 e. The molecule has 84 valence electrons. The first kappa shape index (κ1) is 11.8. The van der Waals surface area contributed by atoms with Crippen LogP contribution in [0.4, 0.5) is 5.69 Å². The van der Waals surface area contributed by atoms with Crippen molar-refractivity contribution in [3.63, 3.8) is 0 Å². The second kappa shape index (κ2) is 6.24. The summed E-state index contributed by atoms with van der Waals surface area (Å²) < 4.78 is 5.03. The highest BCUT2D eigenvalue weighted by Crippen LogP contribution is 2.12. The van der Waals surface area contributed by atoms with E-state index < -0.39 is 0 Å². The molecule has 1 aromatic heterocycles. The minimum atomic E-state index is 0.527. The normalized spacial score (nSPS) is 10.4. The molecule has 0 aliphatic carbocycles. The van der Waals surface area contributed by atoms with Gasteiger partial charge in [-0.25, -0.2) is 4.98 Å². The van der Waals surface area contributed by atoms with Gasteiger partial charge in [-0.1, -0.05) is 13.8 Å². The average molecular weight is 209 g/mol. The molecule has 1 aromatic rings. The number of rotatable bonds is 6. The SMILES string of the molecule is COc1cc(NCCNC(C)C)ccn1. The lowest BCUT2D eigenvalue weighted by Crippen LogP contribution is -2.28. The number of methoxy groups -OCH3 is 1. The van der Waals surface area contributed by atoms with E-state index >= 15 is 0 Å². The Morgan fingerprint density at radius 1 is 1.40 bits per heavy atom. The van der Waals surface area contributed by atoms with Gasteiger partial charge < -0.3 is 15.4 Å². The quantitative estimate of drug-likeness (QED) is 0.697. The number of anilines is 1. The molecule has 0 aliphatic rings. The molecule has 1 heterocycles. The molecule has 0 aliphatic heterocycles. The predicted molar refractivity (Wildman–Crippen MR) is 62.4 cm³/mol. The van der Waals surface area contributed by atoms with E-state index in [1.54, 1.807) is 13.3 Å². The molecule has 0 saturated heterocycles. The van der Waals surface area contributed by atoms with Crippen LogP contribution in [0, 0.1) is 0 Å². The fraction of sp³-hybridized carbons (Fsp3) is 0.545. The van der Waals surface area contributed by atoms with Gasteiger partial charge in [-0.05, 0) is 6.07 Å². The van der Waals surface area contributed by atoms with Gasteiger partial charge in [0.15, 0.2) is 0 Å². The molecule has 0 radical (unpaired) electrons. The van der Waals surface area contributed by atoms with Crippen molar-refractivity contribution in [2.24, 2.45) is 0 Å². The summed E-state index contributed by atoms with van der Waals surface area (Å²) in [4.78, 5) is 4.04. The van der Waals surface area contributed by atoms with Gasteiger partial charge >= 0.3 is 0 Å². The molecule has 0 spiro atoms. The van der Waals surface area contributed by atoms with Crippen LogP contribution in [0.5, 0.6) is 5.88 Å². The third kappa shape index (κ3) is 4.65. The minimum absolute atomic E-state index is 0.527. The number of aromatic nitrogens is 1. The van der Waals surface area contributed by atoms with Crippen LogP contribution in [-0.2, 0) is 0 Å². The van der Waals surface area contributed by atoms with Crippen LogP contribution < -0.4 is 15.4 Å². The number of pyridine rings is 1. The number of hydrogen-bond acceptors (Lipinski definition) is 4. The zero-order valence-electron chi connectivity index (χ0n) is 9.58. The van der Waals surface area contributed by atoms with Crippen LogP contribution in [0.1, 0.15) is 13.8 Å². The highest BCUT2D eigenvalue weighted by Gasteiger charge is 1.96. The van der Waals surface area contributed by atoms with Gasteiger partial charge in [0.2, 0.25) is 5.88 Å². The maximum atomic E-state index is 5.03. The van der Waals surface area contributed by atoms with Gasteiger partial charge in [0.1, 0.15) is 0 Å². The van der Waals surface area contributed by atoms with Crippen molar-refractivity contribution in [1.82, 2.24) is 10.3 Å². The van der Waals surface area contributed by atoms with Gasteiger partial charge in [0.25, 0.3) is 0 Å². The Morgan fingerprint density at radius 3 is 2.87 bits per heavy atom. The van der Waals surface area contributed by atoms with Crippen molar-refractivity contribution in [2.75, 3.05) is 25.5 Å². The molecule has 2 N–H and O–H groups in total. The maximum absolute atomic E-state index is 5.03. The molecular weight excluding hydrogens is 190 g/mol. The second-order valence-corrected chi connectivity index (χ2v) is 3.62. The number of nitrogens with one attached hydrogen (secondary N) is 2. The van der Waals surface area contributed by atoms with Crippen molar-refractivity contribution in [2.45, 2.75) is 19.9 Å². The van der Waals surface area contributed by atoms with Gasteiger partial charge in [-0.2, -0.15) is 0 Å². The molecule has 4 heteroatoms. The minimum Gasteiger partial charge on any atom is -0.481 e. The van der Waals surface area contributed by atoms with Crippen LogP contribution in [0.2, 0.25) is 0 Å². The lowest BCUT2D eigenvalue weighted by atomic mass is 10.3. The zero-order chi connectivity index (χ0) is 11.1. The zero-order valence-corrected chi connectivity index (χ0v) is 9.58. The Kier molecular flexibility index (Phi) is 4.90. The first-order valence-electron chi connectivity index (χ1n) is 5.19. The highest BCUT2D eigenvalue weighted by molar-refractivity contribution is 5.44. The third-order valence-corrected chi connectivity index (χ3v) is 1.95. The van der Waals surface area contributed by atoms with Crippen LogP contribution in [0.3, 0.4) is 0 Å². The van der Waals surface area contributed by atoms with Gasteiger partial charge in [0, 0.05) is 37.1 Å². The lowest BCUT2D eigenvalue weighted by Gasteiger charge is -2.10. The molecule has 0 atom stereocenters. The molecule has 4 nitrogen and oxygen atoms in total. The summed E-state index contributed by atoms with van der Waals surface area (Å²) in [6, 6.07) is 4.34. The molecule has 0 amide bonds. The fourth-order valence-corrected chi connectivity index (χ4v) is 1.20. The fourth-order valence-electron chi connectivity index (χ4n) is 1.20. The largest absolute Gasteiger partial charge is 0.481 e. The summed E-state index contributed by atoms with van der Waals surface area (Å²) in [5.41, 5.74) is 1.03. The lowest BCUT2D eigenvalue weighted by molar-refractivity contribution is 0.398. The van der Waals surface area contributed by atoms with Crippen molar-refractivity contribution < 1.29 is 4.74 Å². The van der Waals surface area contributed by atoms with E-state index in [4.69, 9.17) is 4.74 Å². The van der Waals surface area contributed by atoms with E-state index in [-0.39, 0.29) is 0 Å². The van der Waals surface area contributed by atoms with E-state index in [1.807, 2.05) is 12.1 Å². The summed E-state index contributed by atoms with van der Waals surface area (Å²) in [6.45, 7) is 6.11. The topological polar surface area (TPSA) is 46.2 Å². The Hall–Kier alpha value is -1.29. The first-order valence-corrected chi connectivity index (χ1v) is 5.19. The number of nitrogens with zero attached hydrogens (tertiary/aromatic N) is 1. The number of hydrogen-bond donors (Lipinski definition) is 2. The molecule has 0 fully saturated rings. The van der Waals surface area contributed by atoms with Gasteiger partial charge in [0.05, 0.1) is 7.11 Å². The number of ether oxygens (including phenoxy) is 1. The van der Waals surface area contributed by atoms with Crippen LogP contribution in [0.15, 0.2) is 18.3 Å². The third-order valence-electron chi connectivity index (χ3n) is 1.95. The van der Waals surface area contributed by atoms with Gasteiger partial charge in [-0.3, -0.25) is 0 Å². The first-order chi connectivity index (χ1) is 7.22. The van der Waals surface area contributed by atoms with E-state index in [1.165, 1.54) is 0 Å². The smallest absolute Gasteiger partial charge is 0.214 e. The summed E-state index contributed by atoms with van der Waals surface area (Å²) in [5, 5.41) is 6.63. The van der Waals surface area contributed by atoms with Crippen molar-refractivity contribution in [3.8, 4) is 5.88 Å². The van der Waals surface area contributed by atoms with Crippen molar-refractivity contribution in [1.29, 1.82) is 0 Å². The Morgan fingerprint density at radius 2 is 2.20 bits per heavy atom. The van der Waals surface area contributed by atoms with E-state index in [0.29, 0.717) is 11.9 Å². The predicted octanol–water partition coefficient (Wildman–Crippen LogP) is 1.50. The van der Waals surface area contributed by atoms with E-state index in [9.17, 15) is 0 Å². The standard InChI is InChI=1S/C11H19N3O/c1-9(2)12-6-7-13-10-4-5-14-11(8-10)15-3/h4-5,8-9,12H,6-7H2,1-3H3,(H,13,14). The van der Waals surface area contributed by atoms with Gasteiger partial charge in [-0.15, -0.1) is 0 Å². The summed E-state index contributed by atoms with van der Waals surface area (Å²) in [7, 11) is 1.62. The summed E-state index contributed by atoms with van der Waals surface area (Å²) >= 11 is 0. The Labute approximate surface area is 91.1 Å². The van der Waals surface area contributed by atoms with E-state index in [2.05, 4.69) is 29.5 Å². The summed E-state index contributed by atoms with van der Waals surface area (Å²) in [5.74, 6) is 0.636. The average Bonchev–Trinajstić information content (AvgIpc) is 2.24. The van der Waals surface area contributed by atoms with Crippen molar-refractivity contribution >= 4 is 5.69 Å². The highest BCUT2D eigenvalue weighted by atomic mass is 16.5.